The molecule has 0 heterocycles. The predicted octanol–water partition coefficient (Wildman–Crippen LogP) is 2.54. The molecule has 0 unspecified atom stereocenters. The van der Waals surface area contributed by atoms with Gasteiger partial charge in [-0.05, 0) is 24.5 Å². The minimum atomic E-state index is -1.13. The highest BCUT2D eigenvalue weighted by atomic mass is 19.1. The van der Waals surface area contributed by atoms with E-state index in [-0.39, 0.29) is 12.0 Å². The van der Waals surface area contributed by atoms with Gasteiger partial charge >= 0.3 is 17.8 Å². The van der Waals surface area contributed by atoms with E-state index in [0.717, 1.165) is 31.6 Å². The minimum Gasteiger partial charge on any atom is -0.465 e. The van der Waals surface area contributed by atoms with Crippen LogP contribution in [0.25, 0.3) is 0 Å². The van der Waals surface area contributed by atoms with E-state index in [4.69, 9.17) is 0 Å². The minimum absolute atomic E-state index is 0.198. The summed E-state index contributed by atoms with van der Waals surface area (Å²) in [5.41, 5.74) is -0.175. The topological polar surface area (TPSA) is 84.5 Å². The molecule has 2 aromatic rings. The largest absolute Gasteiger partial charge is 0.465 e. The number of benzene rings is 2. The molecule has 146 valence electrons. The van der Waals surface area contributed by atoms with Gasteiger partial charge in [0, 0.05) is 18.0 Å². The summed E-state index contributed by atoms with van der Waals surface area (Å²) in [6.45, 7) is 0.266. The number of anilines is 1. The predicted molar refractivity (Wildman–Crippen MR) is 96.7 cm³/mol. The standard InChI is InChI=1S/C20H18F2N2O4/c1-28-19(27)13-9-16(15(22)10-14(13)21)24-18(26)17(25)23-11-20(7-8-20)12-5-3-2-4-6-12/h2-6,9-10H,7-8,11H2,1H3,(H,23,25)(H,24,26). The van der Waals surface area contributed by atoms with Crippen LogP contribution in [0.5, 0.6) is 0 Å². The summed E-state index contributed by atoms with van der Waals surface area (Å²) in [5, 5.41) is 4.60. The molecule has 0 radical (unpaired) electrons. The van der Waals surface area contributed by atoms with Gasteiger partial charge in [-0.2, -0.15) is 0 Å². The van der Waals surface area contributed by atoms with E-state index >= 15 is 0 Å². The first-order valence-electron chi connectivity index (χ1n) is 8.58. The van der Waals surface area contributed by atoms with Crippen LogP contribution in [0.4, 0.5) is 14.5 Å². The molecule has 2 amide bonds. The Hall–Kier alpha value is -3.29. The van der Waals surface area contributed by atoms with Crippen molar-refractivity contribution < 1.29 is 27.9 Å². The van der Waals surface area contributed by atoms with Crippen molar-refractivity contribution in [2.45, 2.75) is 18.3 Å². The van der Waals surface area contributed by atoms with Gasteiger partial charge in [-0.1, -0.05) is 30.3 Å². The zero-order chi connectivity index (χ0) is 20.3. The molecule has 0 aromatic heterocycles. The van der Waals surface area contributed by atoms with Crippen molar-refractivity contribution in [1.29, 1.82) is 0 Å². The summed E-state index contributed by atoms with van der Waals surface area (Å²) in [5.74, 6) is -5.36. The van der Waals surface area contributed by atoms with E-state index < -0.39 is 40.7 Å². The van der Waals surface area contributed by atoms with Crippen LogP contribution in [0.15, 0.2) is 42.5 Å². The van der Waals surface area contributed by atoms with Crippen LogP contribution in [0.2, 0.25) is 0 Å². The van der Waals surface area contributed by atoms with Gasteiger partial charge in [0.25, 0.3) is 0 Å². The van der Waals surface area contributed by atoms with Crippen molar-refractivity contribution in [3.8, 4) is 0 Å². The fourth-order valence-corrected chi connectivity index (χ4v) is 2.93. The van der Waals surface area contributed by atoms with Gasteiger partial charge < -0.3 is 15.4 Å². The fraction of sp³-hybridized carbons (Fsp3) is 0.250. The summed E-state index contributed by atoms with van der Waals surface area (Å²) in [7, 11) is 1.04. The molecule has 2 aromatic carbocycles. The third kappa shape index (κ3) is 4.00. The Labute approximate surface area is 159 Å². The molecule has 0 aliphatic heterocycles. The van der Waals surface area contributed by atoms with E-state index in [1.165, 1.54) is 0 Å². The van der Waals surface area contributed by atoms with Crippen molar-refractivity contribution in [3.05, 3.63) is 65.2 Å². The Balaban J connectivity index is 1.65. The molecule has 1 fully saturated rings. The Morgan fingerprint density at radius 1 is 1.04 bits per heavy atom. The van der Waals surface area contributed by atoms with Gasteiger partial charge in [0.1, 0.15) is 11.6 Å². The number of esters is 1. The van der Waals surface area contributed by atoms with Gasteiger partial charge in [-0.25, -0.2) is 13.6 Å². The smallest absolute Gasteiger partial charge is 0.340 e. The summed E-state index contributed by atoms with van der Waals surface area (Å²) >= 11 is 0. The SMILES string of the molecule is COC(=O)c1cc(NC(=O)C(=O)NCC2(c3ccccc3)CC2)c(F)cc1F. The van der Waals surface area contributed by atoms with Crippen molar-refractivity contribution in [2.75, 3.05) is 19.0 Å². The maximum Gasteiger partial charge on any atom is 0.340 e. The number of hydrogen-bond donors (Lipinski definition) is 2. The molecule has 0 atom stereocenters. The van der Waals surface area contributed by atoms with Crippen LogP contribution in [0.3, 0.4) is 0 Å². The second kappa shape index (κ2) is 7.75. The second-order valence-corrected chi connectivity index (χ2v) is 6.59. The van der Waals surface area contributed by atoms with E-state index in [2.05, 4.69) is 15.4 Å². The number of amides is 2. The molecule has 0 bridgehead atoms. The zero-order valence-electron chi connectivity index (χ0n) is 15.1. The highest BCUT2D eigenvalue weighted by Gasteiger charge is 2.44. The fourth-order valence-electron chi connectivity index (χ4n) is 2.93. The molecule has 6 nitrogen and oxygen atoms in total. The molecule has 8 heteroatoms. The van der Waals surface area contributed by atoms with Gasteiger partial charge in [0.2, 0.25) is 0 Å². The quantitative estimate of drug-likeness (QED) is 0.609. The Bertz CT molecular complexity index is 927. The second-order valence-electron chi connectivity index (χ2n) is 6.59. The Morgan fingerprint density at radius 2 is 1.71 bits per heavy atom. The first kappa shape index (κ1) is 19.5. The highest BCUT2D eigenvalue weighted by Crippen LogP contribution is 2.47. The number of carbonyl (C=O) groups is 3. The Morgan fingerprint density at radius 3 is 2.32 bits per heavy atom. The molecule has 28 heavy (non-hydrogen) atoms. The van der Waals surface area contributed by atoms with Crippen LogP contribution < -0.4 is 10.6 Å². The number of rotatable bonds is 5. The molecule has 1 saturated carbocycles. The van der Waals surface area contributed by atoms with E-state index in [9.17, 15) is 23.2 Å². The molecule has 1 aliphatic rings. The number of hydrogen-bond acceptors (Lipinski definition) is 4. The molecule has 0 spiro atoms. The Kier molecular flexibility index (Phi) is 5.39. The molecule has 0 saturated heterocycles. The van der Waals surface area contributed by atoms with Crippen molar-refractivity contribution in [2.24, 2.45) is 0 Å². The number of carbonyl (C=O) groups excluding carboxylic acids is 3. The zero-order valence-corrected chi connectivity index (χ0v) is 15.1. The number of methoxy groups -OCH3 is 1. The van der Waals surface area contributed by atoms with Crippen LogP contribution in [0.1, 0.15) is 28.8 Å². The van der Waals surface area contributed by atoms with E-state index in [1.54, 1.807) is 0 Å². The maximum absolute atomic E-state index is 13.9. The average Bonchev–Trinajstić information content (AvgIpc) is 3.49. The highest BCUT2D eigenvalue weighted by molar-refractivity contribution is 6.39. The number of nitrogens with one attached hydrogen (secondary N) is 2. The summed E-state index contributed by atoms with van der Waals surface area (Å²) in [4.78, 5) is 35.7. The third-order valence-electron chi connectivity index (χ3n) is 4.74. The van der Waals surface area contributed by atoms with Gasteiger partial charge in [-0.15, -0.1) is 0 Å². The molecule has 2 N–H and O–H groups in total. The summed E-state index contributed by atoms with van der Waals surface area (Å²) in [6.07, 6.45) is 1.77. The normalized spacial score (nSPS) is 14.1. The van der Waals surface area contributed by atoms with Gasteiger partial charge in [-0.3, -0.25) is 9.59 Å². The van der Waals surface area contributed by atoms with Crippen LogP contribution in [-0.4, -0.2) is 31.4 Å². The van der Waals surface area contributed by atoms with E-state index in [0.29, 0.717) is 6.07 Å². The van der Waals surface area contributed by atoms with Crippen molar-refractivity contribution >= 4 is 23.5 Å². The van der Waals surface area contributed by atoms with E-state index in [1.807, 2.05) is 30.3 Å². The van der Waals surface area contributed by atoms with Gasteiger partial charge in [0.15, 0.2) is 0 Å². The maximum atomic E-state index is 13.9. The molecule has 1 aliphatic carbocycles. The molecular weight excluding hydrogens is 370 g/mol. The van der Waals surface area contributed by atoms with Crippen LogP contribution >= 0.6 is 0 Å². The monoisotopic (exact) mass is 388 g/mol. The lowest BCUT2D eigenvalue weighted by Gasteiger charge is -2.16. The first-order chi connectivity index (χ1) is 13.4. The number of ether oxygens (including phenoxy) is 1. The summed E-state index contributed by atoms with van der Waals surface area (Å²) < 4.78 is 31.9. The van der Waals surface area contributed by atoms with Crippen molar-refractivity contribution in [3.63, 3.8) is 0 Å². The van der Waals surface area contributed by atoms with Crippen LogP contribution in [-0.2, 0) is 19.7 Å². The lowest BCUT2D eigenvalue weighted by molar-refractivity contribution is -0.136. The lowest BCUT2D eigenvalue weighted by atomic mass is 9.96. The summed E-state index contributed by atoms with van der Waals surface area (Å²) in [6, 6.07) is 10.8. The lowest BCUT2D eigenvalue weighted by Crippen LogP contribution is -2.39. The first-order valence-corrected chi connectivity index (χ1v) is 8.58. The third-order valence-corrected chi connectivity index (χ3v) is 4.74. The number of halogens is 2. The average molecular weight is 388 g/mol. The molecular formula is C20H18F2N2O4. The molecule has 3 rings (SSSR count). The van der Waals surface area contributed by atoms with Gasteiger partial charge in [0.05, 0.1) is 18.4 Å². The van der Waals surface area contributed by atoms with Crippen molar-refractivity contribution in [1.82, 2.24) is 5.32 Å². The van der Waals surface area contributed by atoms with Crippen LogP contribution in [0, 0.1) is 11.6 Å².